The van der Waals surface area contributed by atoms with Gasteiger partial charge in [0.1, 0.15) is 0 Å². The van der Waals surface area contributed by atoms with Crippen molar-refractivity contribution in [2.24, 2.45) is 0 Å². The van der Waals surface area contributed by atoms with E-state index >= 15 is 0 Å². The number of nitrogens with one attached hydrogen (secondary N) is 1. The highest BCUT2D eigenvalue weighted by molar-refractivity contribution is 5.16. The van der Waals surface area contributed by atoms with Gasteiger partial charge in [0.2, 0.25) is 0 Å². The Morgan fingerprint density at radius 3 is 2.62 bits per heavy atom. The molecule has 0 amide bonds. The summed E-state index contributed by atoms with van der Waals surface area (Å²) in [6.45, 7) is 3.86. The molecule has 0 radical (unpaired) electrons. The first-order chi connectivity index (χ1) is 7.64. The lowest BCUT2D eigenvalue weighted by atomic mass is 9.96. The molecule has 1 unspecified atom stereocenters. The Hall–Kier alpha value is -0.900. The number of hydrogen-bond donors (Lipinski definition) is 2. The van der Waals surface area contributed by atoms with Gasteiger partial charge in [0.05, 0.1) is 12.2 Å². The molecule has 90 valence electrons. The van der Waals surface area contributed by atoms with Gasteiger partial charge in [-0.1, -0.05) is 30.3 Å². The van der Waals surface area contributed by atoms with Crippen LogP contribution in [0.2, 0.25) is 0 Å². The molecule has 0 saturated carbocycles. The van der Waals surface area contributed by atoms with Gasteiger partial charge in [0, 0.05) is 26.6 Å². The first kappa shape index (κ1) is 13.2. The van der Waals surface area contributed by atoms with Gasteiger partial charge in [-0.25, -0.2) is 0 Å². The van der Waals surface area contributed by atoms with Gasteiger partial charge in [-0.3, -0.25) is 0 Å². The van der Waals surface area contributed by atoms with Crippen molar-refractivity contribution in [3.05, 3.63) is 35.9 Å². The van der Waals surface area contributed by atoms with Crippen LogP contribution in [0.4, 0.5) is 0 Å². The highest BCUT2D eigenvalue weighted by atomic mass is 16.5. The Labute approximate surface area is 97.4 Å². The molecule has 3 heteroatoms. The summed E-state index contributed by atoms with van der Waals surface area (Å²) in [5.74, 6) is 0. The highest BCUT2D eigenvalue weighted by Crippen LogP contribution is 2.11. The summed E-state index contributed by atoms with van der Waals surface area (Å²) in [5.41, 5.74) is 0.441. The number of hydrogen-bond acceptors (Lipinski definition) is 3. The van der Waals surface area contributed by atoms with Crippen LogP contribution in [-0.2, 0) is 11.2 Å². The first-order valence-electron chi connectivity index (χ1n) is 5.60. The zero-order valence-corrected chi connectivity index (χ0v) is 10.1. The summed E-state index contributed by atoms with van der Waals surface area (Å²) in [6, 6.07) is 10.0. The Kier molecular flexibility index (Phi) is 5.46. The Bertz CT molecular complexity index is 285. The van der Waals surface area contributed by atoms with E-state index in [9.17, 15) is 5.11 Å². The Morgan fingerprint density at radius 1 is 1.31 bits per heavy atom. The molecule has 0 aliphatic heterocycles. The van der Waals surface area contributed by atoms with E-state index in [1.165, 1.54) is 0 Å². The van der Waals surface area contributed by atoms with E-state index in [-0.39, 0.29) is 0 Å². The van der Waals surface area contributed by atoms with Crippen molar-refractivity contribution >= 4 is 0 Å². The lowest BCUT2D eigenvalue weighted by molar-refractivity contribution is 0.0581. The minimum Gasteiger partial charge on any atom is -0.389 e. The van der Waals surface area contributed by atoms with Crippen LogP contribution in [-0.4, -0.2) is 37.5 Å². The summed E-state index contributed by atoms with van der Waals surface area (Å²) in [7, 11) is 1.67. The summed E-state index contributed by atoms with van der Waals surface area (Å²) in [4.78, 5) is 0. The molecule has 16 heavy (non-hydrogen) atoms. The molecule has 0 saturated heterocycles. The third-order valence-electron chi connectivity index (χ3n) is 2.42. The fourth-order valence-electron chi connectivity index (χ4n) is 1.63. The van der Waals surface area contributed by atoms with Gasteiger partial charge in [0.15, 0.2) is 0 Å². The average molecular weight is 223 g/mol. The standard InChI is InChI=1S/C13H21NO2/c1-13(15,11-14-8-9-16-2)10-12-6-4-3-5-7-12/h3-7,14-15H,8-11H2,1-2H3. The number of ether oxygens (including phenoxy) is 1. The predicted molar refractivity (Wildman–Crippen MR) is 65.5 cm³/mol. The summed E-state index contributed by atoms with van der Waals surface area (Å²) in [6.07, 6.45) is 0.661. The SMILES string of the molecule is COCCNCC(C)(O)Cc1ccccc1. The van der Waals surface area contributed by atoms with Crippen molar-refractivity contribution in [1.82, 2.24) is 5.32 Å². The molecule has 1 rings (SSSR count). The molecule has 0 heterocycles. The number of rotatable bonds is 7. The topological polar surface area (TPSA) is 41.5 Å². The molecule has 3 nitrogen and oxygen atoms in total. The van der Waals surface area contributed by atoms with Crippen molar-refractivity contribution in [1.29, 1.82) is 0 Å². The Balaban J connectivity index is 2.33. The molecule has 1 aromatic carbocycles. The maximum atomic E-state index is 10.2. The second kappa shape index (κ2) is 6.63. The molecule has 0 aromatic heterocycles. The van der Waals surface area contributed by atoms with E-state index in [0.717, 1.165) is 12.1 Å². The van der Waals surface area contributed by atoms with Crippen LogP contribution in [0.25, 0.3) is 0 Å². The van der Waals surface area contributed by atoms with E-state index in [4.69, 9.17) is 4.74 Å². The summed E-state index contributed by atoms with van der Waals surface area (Å²) in [5, 5.41) is 13.3. The fraction of sp³-hybridized carbons (Fsp3) is 0.538. The molecule has 1 aromatic rings. The van der Waals surface area contributed by atoms with E-state index in [1.54, 1.807) is 7.11 Å². The zero-order valence-electron chi connectivity index (χ0n) is 10.1. The molecule has 0 aliphatic carbocycles. The minimum absolute atomic E-state index is 0.575. The minimum atomic E-state index is -0.713. The van der Waals surface area contributed by atoms with Crippen molar-refractivity contribution in [2.75, 3.05) is 26.8 Å². The summed E-state index contributed by atoms with van der Waals surface area (Å²) >= 11 is 0. The second-order valence-corrected chi connectivity index (χ2v) is 4.33. The van der Waals surface area contributed by atoms with Crippen molar-refractivity contribution < 1.29 is 9.84 Å². The van der Waals surface area contributed by atoms with Crippen LogP contribution in [0.3, 0.4) is 0 Å². The van der Waals surface area contributed by atoms with E-state index in [2.05, 4.69) is 5.32 Å². The van der Waals surface area contributed by atoms with Gasteiger partial charge in [-0.15, -0.1) is 0 Å². The third kappa shape index (κ3) is 5.26. The first-order valence-corrected chi connectivity index (χ1v) is 5.60. The summed E-state index contributed by atoms with van der Waals surface area (Å²) < 4.78 is 4.93. The highest BCUT2D eigenvalue weighted by Gasteiger charge is 2.19. The fourth-order valence-corrected chi connectivity index (χ4v) is 1.63. The van der Waals surface area contributed by atoms with Gasteiger partial charge in [0.25, 0.3) is 0 Å². The molecule has 1 atom stereocenters. The molecule has 0 aliphatic rings. The zero-order chi connectivity index (χ0) is 11.9. The monoisotopic (exact) mass is 223 g/mol. The number of aliphatic hydroxyl groups is 1. The number of methoxy groups -OCH3 is 1. The maximum absolute atomic E-state index is 10.2. The van der Waals surface area contributed by atoms with Crippen molar-refractivity contribution in [3.63, 3.8) is 0 Å². The molecule has 0 spiro atoms. The maximum Gasteiger partial charge on any atom is 0.0783 e. The van der Waals surface area contributed by atoms with E-state index in [0.29, 0.717) is 19.6 Å². The van der Waals surface area contributed by atoms with Gasteiger partial charge < -0.3 is 15.2 Å². The largest absolute Gasteiger partial charge is 0.389 e. The van der Waals surface area contributed by atoms with Crippen LogP contribution in [0, 0.1) is 0 Å². The Morgan fingerprint density at radius 2 is 2.00 bits per heavy atom. The smallest absolute Gasteiger partial charge is 0.0783 e. The van der Waals surface area contributed by atoms with Crippen LogP contribution in [0.1, 0.15) is 12.5 Å². The molecule has 2 N–H and O–H groups in total. The van der Waals surface area contributed by atoms with Crippen LogP contribution < -0.4 is 5.32 Å². The van der Waals surface area contributed by atoms with E-state index < -0.39 is 5.60 Å². The van der Waals surface area contributed by atoms with Crippen LogP contribution in [0.5, 0.6) is 0 Å². The quantitative estimate of drug-likeness (QED) is 0.683. The normalized spacial score (nSPS) is 14.7. The van der Waals surface area contributed by atoms with Crippen LogP contribution >= 0.6 is 0 Å². The number of benzene rings is 1. The average Bonchev–Trinajstić information content (AvgIpc) is 2.25. The van der Waals surface area contributed by atoms with Crippen molar-refractivity contribution in [3.8, 4) is 0 Å². The van der Waals surface area contributed by atoms with Gasteiger partial charge in [-0.05, 0) is 12.5 Å². The molecular formula is C13H21NO2. The van der Waals surface area contributed by atoms with Crippen LogP contribution in [0.15, 0.2) is 30.3 Å². The third-order valence-corrected chi connectivity index (χ3v) is 2.42. The molecule has 0 fully saturated rings. The van der Waals surface area contributed by atoms with Crippen molar-refractivity contribution in [2.45, 2.75) is 18.9 Å². The predicted octanol–water partition coefficient (Wildman–Crippen LogP) is 1.22. The lowest BCUT2D eigenvalue weighted by Crippen LogP contribution is -2.40. The second-order valence-electron chi connectivity index (χ2n) is 4.33. The van der Waals surface area contributed by atoms with Gasteiger partial charge >= 0.3 is 0 Å². The molecular weight excluding hydrogens is 202 g/mol. The van der Waals surface area contributed by atoms with E-state index in [1.807, 2.05) is 37.3 Å². The lowest BCUT2D eigenvalue weighted by Gasteiger charge is -2.23. The van der Waals surface area contributed by atoms with Gasteiger partial charge in [-0.2, -0.15) is 0 Å². The molecule has 0 bridgehead atoms.